The van der Waals surface area contributed by atoms with Crippen LogP contribution in [0.5, 0.6) is 0 Å². The van der Waals surface area contributed by atoms with Crippen molar-refractivity contribution in [3.63, 3.8) is 0 Å². The molecule has 5 heteroatoms. The van der Waals surface area contributed by atoms with Gasteiger partial charge in [0.1, 0.15) is 0 Å². The van der Waals surface area contributed by atoms with Gasteiger partial charge in [0.05, 0.1) is 17.7 Å². The summed E-state index contributed by atoms with van der Waals surface area (Å²) in [5.74, 6) is 6.71. The summed E-state index contributed by atoms with van der Waals surface area (Å²) in [5.41, 5.74) is 6.65. The molecule has 1 aromatic heterocycles. The van der Waals surface area contributed by atoms with Crippen LogP contribution in [0.2, 0.25) is 0 Å². The zero-order chi connectivity index (χ0) is 13.7. The van der Waals surface area contributed by atoms with E-state index < -0.39 is 0 Å². The zero-order valence-corrected chi connectivity index (χ0v) is 11.7. The summed E-state index contributed by atoms with van der Waals surface area (Å²) in [6, 6.07) is 1.73. The fourth-order valence-electron chi connectivity index (χ4n) is 2.00. The predicted octanol–water partition coefficient (Wildman–Crippen LogP) is 0.969. The van der Waals surface area contributed by atoms with Gasteiger partial charge in [-0.3, -0.25) is 9.78 Å². The molecule has 4 nitrogen and oxygen atoms in total. The van der Waals surface area contributed by atoms with Crippen molar-refractivity contribution in [1.82, 2.24) is 9.88 Å². The summed E-state index contributed by atoms with van der Waals surface area (Å²) in [6.07, 6.45) is 3.25. The van der Waals surface area contributed by atoms with Crippen molar-refractivity contribution in [3.05, 3.63) is 29.6 Å². The first-order chi connectivity index (χ1) is 9.22. The maximum Gasteiger partial charge on any atom is 0.255 e. The number of nitrogens with zero attached hydrogens (tertiary/aromatic N) is 2. The Morgan fingerprint density at radius 3 is 3.26 bits per heavy atom. The molecule has 0 saturated carbocycles. The Morgan fingerprint density at radius 2 is 2.53 bits per heavy atom. The van der Waals surface area contributed by atoms with Crippen LogP contribution in [0.15, 0.2) is 18.5 Å². The van der Waals surface area contributed by atoms with Crippen molar-refractivity contribution in [2.24, 2.45) is 5.73 Å². The van der Waals surface area contributed by atoms with Crippen LogP contribution in [0, 0.1) is 11.8 Å². The van der Waals surface area contributed by atoms with Crippen molar-refractivity contribution in [1.29, 1.82) is 0 Å². The summed E-state index contributed by atoms with van der Waals surface area (Å²) < 4.78 is 0. The molecule has 0 bridgehead atoms. The Morgan fingerprint density at radius 1 is 1.68 bits per heavy atom. The van der Waals surface area contributed by atoms with E-state index in [-0.39, 0.29) is 12.5 Å². The van der Waals surface area contributed by atoms with E-state index in [1.807, 2.05) is 16.7 Å². The molecule has 1 amide bonds. The number of carbonyl (C=O) groups excluding carboxylic acids is 1. The van der Waals surface area contributed by atoms with Crippen LogP contribution in [-0.2, 0) is 0 Å². The molecule has 0 aromatic carbocycles. The van der Waals surface area contributed by atoms with Crippen molar-refractivity contribution in [2.75, 3.05) is 25.4 Å². The molecular formula is C14H17N3OS. The average Bonchev–Trinajstić information content (AvgIpc) is 2.44. The predicted molar refractivity (Wildman–Crippen MR) is 78.0 cm³/mol. The Bertz CT molecular complexity index is 521. The molecule has 1 aliphatic heterocycles. The number of amides is 1. The highest BCUT2D eigenvalue weighted by Gasteiger charge is 2.23. The van der Waals surface area contributed by atoms with Gasteiger partial charge in [-0.15, -0.1) is 0 Å². The van der Waals surface area contributed by atoms with Crippen molar-refractivity contribution in [3.8, 4) is 11.8 Å². The summed E-state index contributed by atoms with van der Waals surface area (Å²) in [6.45, 7) is 4.00. The zero-order valence-electron chi connectivity index (χ0n) is 10.9. The second-order valence-corrected chi connectivity index (χ2v) is 5.91. The van der Waals surface area contributed by atoms with Gasteiger partial charge in [0.2, 0.25) is 0 Å². The third-order valence-electron chi connectivity index (χ3n) is 2.90. The Labute approximate surface area is 117 Å². The van der Waals surface area contributed by atoms with E-state index >= 15 is 0 Å². The van der Waals surface area contributed by atoms with E-state index in [1.54, 1.807) is 18.5 Å². The lowest BCUT2D eigenvalue weighted by atomic mass is 10.1. The Hall–Kier alpha value is -1.51. The number of thioether (sulfide) groups is 1. The van der Waals surface area contributed by atoms with E-state index in [1.165, 1.54) is 0 Å². The standard InChI is InChI=1S/C14H17N3OS/c1-11-10-17(7-8-19-11)14(18)13-4-6-16-9-12(13)3-2-5-15/h4,6,9,11H,5,7-8,10,15H2,1H3. The lowest BCUT2D eigenvalue weighted by molar-refractivity contribution is 0.0762. The molecular weight excluding hydrogens is 258 g/mol. The number of aromatic nitrogens is 1. The smallest absolute Gasteiger partial charge is 0.255 e. The van der Waals surface area contributed by atoms with Gasteiger partial charge in [0.15, 0.2) is 0 Å². The monoisotopic (exact) mass is 275 g/mol. The second-order valence-electron chi connectivity index (χ2n) is 4.36. The van der Waals surface area contributed by atoms with Crippen molar-refractivity contribution >= 4 is 17.7 Å². The number of nitrogens with two attached hydrogens (primary N) is 1. The minimum absolute atomic E-state index is 0.0378. The summed E-state index contributed by atoms with van der Waals surface area (Å²) >= 11 is 1.90. The highest BCUT2D eigenvalue weighted by atomic mass is 32.2. The van der Waals surface area contributed by atoms with Gasteiger partial charge in [0.25, 0.3) is 5.91 Å². The fourth-order valence-corrected chi connectivity index (χ4v) is 3.01. The molecule has 19 heavy (non-hydrogen) atoms. The molecule has 1 unspecified atom stereocenters. The van der Waals surface area contributed by atoms with Crippen LogP contribution in [0.1, 0.15) is 22.8 Å². The van der Waals surface area contributed by atoms with Crippen LogP contribution in [0.25, 0.3) is 0 Å². The van der Waals surface area contributed by atoms with Crippen LogP contribution in [0.4, 0.5) is 0 Å². The van der Waals surface area contributed by atoms with E-state index in [0.29, 0.717) is 16.4 Å². The van der Waals surface area contributed by atoms with Crippen molar-refractivity contribution < 1.29 is 4.79 Å². The topological polar surface area (TPSA) is 59.2 Å². The lowest BCUT2D eigenvalue weighted by Crippen LogP contribution is -2.41. The van der Waals surface area contributed by atoms with Gasteiger partial charge < -0.3 is 10.6 Å². The number of pyridine rings is 1. The molecule has 0 spiro atoms. The van der Waals surface area contributed by atoms with Crippen LogP contribution in [-0.4, -0.2) is 46.4 Å². The third-order valence-corrected chi connectivity index (χ3v) is 4.04. The normalized spacial score (nSPS) is 18.6. The molecule has 1 aromatic rings. The first-order valence-electron chi connectivity index (χ1n) is 6.26. The average molecular weight is 275 g/mol. The van der Waals surface area contributed by atoms with E-state index in [0.717, 1.165) is 18.8 Å². The number of hydrogen-bond acceptors (Lipinski definition) is 4. The summed E-state index contributed by atoms with van der Waals surface area (Å²) in [7, 11) is 0. The minimum atomic E-state index is 0.0378. The Kier molecular flexibility index (Phi) is 4.83. The molecule has 100 valence electrons. The highest BCUT2D eigenvalue weighted by molar-refractivity contribution is 7.99. The maximum absolute atomic E-state index is 12.5. The number of carbonyl (C=O) groups is 1. The van der Waals surface area contributed by atoms with Crippen LogP contribution >= 0.6 is 11.8 Å². The molecule has 1 aliphatic rings. The lowest BCUT2D eigenvalue weighted by Gasteiger charge is -2.30. The molecule has 2 rings (SSSR count). The fraction of sp³-hybridized carbons (Fsp3) is 0.429. The van der Waals surface area contributed by atoms with Gasteiger partial charge in [-0.05, 0) is 6.07 Å². The second kappa shape index (κ2) is 6.60. The van der Waals surface area contributed by atoms with Gasteiger partial charge in [-0.25, -0.2) is 0 Å². The van der Waals surface area contributed by atoms with Crippen LogP contribution < -0.4 is 5.73 Å². The van der Waals surface area contributed by atoms with Gasteiger partial charge in [-0.1, -0.05) is 18.8 Å². The van der Waals surface area contributed by atoms with Crippen LogP contribution in [0.3, 0.4) is 0 Å². The molecule has 0 radical (unpaired) electrons. The number of rotatable bonds is 1. The SMILES string of the molecule is CC1CN(C(=O)c2ccncc2C#CCN)CCS1. The molecule has 0 aliphatic carbocycles. The Balaban J connectivity index is 2.23. The first kappa shape index (κ1) is 13.9. The van der Waals surface area contributed by atoms with Crippen molar-refractivity contribution in [2.45, 2.75) is 12.2 Å². The van der Waals surface area contributed by atoms with E-state index in [9.17, 15) is 4.79 Å². The molecule has 2 N–H and O–H groups in total. The summed E-state index contributed by atoms with van der Waals surface area (Å²) in [5, 5.41) is 0.484. The molecule has 2 heterocycles. The van der Waals surface area contributed by atoms with E-state index in [4.69, 9.17) is 5.73 Å². The van der Waals surface area contributed by atoms with E-state index in [2.05, 4.69) is 23.7 Å². The van der Waals surface area contributed by atoms with Gasteiger partial charge in [-0.2, -0.15) is 11.8 Å². The largest absolute Gasteiger partial charge is 0.337 e. The third kappa shape index (κ3) is 3.49. The van der Waals surface area contributed by atoms with Gasteiger partial charge >= 0.3 is 0 Å². The van der Waals surface area contributed by atoms with Gasteiger partial charge in [0, 0.05) is 36.5 Å². The number of hydrogen-bond donors (Lipinski definition) is 1. The molecule has 1 saturated heterocycles. The quantitative estimate of drug-likeness (QED) is 0.776. The first-order valence-corrected chi connectivity index (χ1v) is 7.31. The maximum atomic E-state index is 12.5. The minimum Gasteiger partial charge on any atom is -0.337 e. The molecule has 1 atom stereocenters. The molecule has 1 fully saturated rings. The summed E-state index contributed by atoms with van der Waals surface area (Å²) in [4.78, 5) is 18.4. The highest BCUT2D eigenvalue weighted by Crippen LogP contribution is 2.20.